The van der Waals surface area contributed by atoms with Crippen LogP contribution in [0.4, 0.5) is 17.1 Å². The van der Waals surface area contributed by atoms with Crippen molar-refractivity contribution in [2.24, 2.45) is 4.99 Å². The van der Waals surface area contributed by atoms with Gasteiger partial charge in [0.15, 0.2) is 0 Å². The fourth-order valence-corrected chi connectivity index (χ4v) is 7.99. The maximum atomic E-state index is 12.6. The number of hydrogen-bond donors (Lipinski definition) is 5. The van der Waals surface area contributed by atoms with Crippen LogP contribution in [-0.2, 0) is 30.5 Å². The van der Waals surface area contributed by atoms with E-state index >= 15 is 0 Å². The summed E-state index contributed by atoms with van der Waals surface area (Å²) in [5.74, 6) is -1.21. The second kappa shape index (κ2) is 17.9. The summed E-state index contributed by atoms with van der Waals surface area (Å²) in [4.78, 5) is 42.0. The van der Waals surface area contributed by atoms with Crippen LogP contribution in [0.1, 0.15) is 87.3 Å². The monoisotopic (exact) mass is 814 g/mol. The van der Waals surface area contributed by atoms with Gasteiger partial charge in [-0.2, -0.15) is 0 Å². The van der Waals surface area contributed by atoms with Gasteiger partial charge in [0.25, 0.3) is 5.97 Å². The second-order valence-electron chi connectivity index (χ2n) is 15.3. The van der Waals surface area contributed by atoms with Crippen molar-refractivity contribution in [3.63, 3.8) is 0 Å². The molecule has 0 amide bonds. The van der Waals surface area contributed by atoms with Crippen molar-refractivity contribution in [1.82, 2.24) is 19.9 Å². The highest BCUT2D eigenvalue weighted by molar-refractivity contribution is 6.08. The highest BCUT2D eigenvalue weighted by Crippen LogP contribution is 2.42. The van der Waals surface area contributed by atoms with Gasteiger partial charge >= 0.3 is 5.97 Å². The maximum Gasteiger partial charge on any atom is 0.336 e. The van der Waals surface area contributed by atoms with Gasteiger partial charge in [0, 0.05) is 71.2 Å². The molecule has 0 spiro atoms. The molecule has 2 aliphatic rings. The zero-order chi connectivity index (χ0) is 43.4. The Hall–Kier alpha value is -7.27. The number of aryl methyl sites for hydroxylation is 6. The van der Waals surface area contributed by atoms with Gasteiger partial charge in [-0.05, 0) is 110 Å². The number of aliphatic carboxylic acids is 1. The van der Waals surface area contributed by atoms with Crippen LogP contribution in [-0.4, -0.2) is 42.1 Å². The SMILES string of the molecule is CC(=O)O.CCc1cc(Cc2[nH]cnc2C)cc(C)c1N=c1ccc2c(-c3ccccc3C(=O)O)c3ccc(Nc4c(C)cc(Cc5[nH]cnc5C)cc4CC)cc3oc-2c1. The molecule has 2 aromatic heterocycles. The first kappa shape index (κ1) is 41.9. The molecule has 3 heterocycles. The van der Waals surface area contributed by atoms with E-state index in [0.717, 1.165) is 111 Å². The molecule has 1 aliphatic carbocycles. The lowest BCUT2D eigenvalue weighted by molar-refractivity contribution is -0.134. The molecule has 5 N–H and O–H groups in total. The molecule has 61 heavy (non-hydrogen) atoms. The Balaban J connectivity index is 0.00000134. The summed E-state index contributed by atoms with van der Waals surface area (Å²) < 4.78 is 6.75. The van der Waals surface area contributed by atoms with Crippen molar-refractivity contribution in [3.8, 4) is 22.5 Å². The third kappa shape index (κ3) is 9.16. The van der Waals surface area contributed by atoms with Gasteiger partial charge in [-0.1, -0.05) is 56.3 Å². The van der Waals surface area contributed by atoms with E-state index in [2.05, 4.69) is 77.2 Å². The predicted octanol–water partition coefficient (Wildman–Crippen LogP) is 11.0. The van der Waals surface area contributed by atoms with Crippen LogP contribution in [0.15, 0.2) is 107 Å². The van der Waals surface area contributed by atoms with E-state index in [1.807, 2.05) is 62.4 Å². The van der Waals surface area contributed by atoms with Crippen LogP contribution in [0.5, 0.6) is 0 Å². The third-order valence-electron chi connectivity index (χ3n) is 10.9. The minimum absolute atomic E-state index is 0.226. The Labute approximate surface area is 354 Å². The summed E-state index contributed by atoms with van der Waals surface area (Å²) in [6, 6.07) is 28.1. The van der Waals surface area contributed by atoms with Crippen molar-refractivity contribution in [2.75, 3.05) is 5.32 Å². The smallest absolute Gasteiger partial charge is 0.336 e. The molecule has 1 aliphatic heterocycles. The van der Waals surface area contributed by atoms with Gasteiger partial charge in [0.05, 0.1) is 40.7 Å². The third-order valence-corrected chi connectivity index (χ3v) is 10.9. The molecule has 0 saturated heterocycles. The van der Waals surface area contributed by atoms with Crippen LogP contribution >= 0.6 is 0 Å². The minimum atomic E-state index is -0.986. The average Bonchev–Trinajstić information content (AvgIpc) is 3.83. The fourth-order valence-electron chi connectivity index (χ4n) is 7.99. The second-order valence-corrected chi connectivity index (χ2v) is 15.3. The van der Waals surface area contributed by atoms with Gasteiger partial charge in [0.2, 0.25) is 0 Å². The van der Waals surface area contributed by atoms with Crippen molar-refractivity contribution in [2.45, 2.75) is 74.1 Å². The number of anilines is 2. The lowest BCUT2D eigenvalue weighted by Gasteiger charge is -2.19. The molecular formula is C50H50N6O5. The first-order chi connectivity index (χ1) is 29.3. The molecule has 0 saturated carbocycles. The van der Waals surface area contributed by atoms with Crippen LogP contribution in [0.2, 0.25) is 0 Å². The van der Waals surface area contributed by atoms with Crippen molar-refractivity contribution < 1.29 is 24.2 Å². The highest BCUT2D eigenvalue weighted by atomic mass is 16.4. The van der Waals surface area contributed by atoms with Crippen molar-refractivity contribution >= 4 is 40.0 Å². The van der Waals surface area contributed by atoms with Gasteiger partial charge in [-0.3, -0.25) is 4.79 Å². The number of aromatic amines is 2. The van der Waals surface area contributed by atoms with Gasteiger partial charge in [-0.15, -0.1) is 0 Å². The number of carboxylic acid groups (broad SMARTS) is 2. The Morgan fingerprint density at radius 2 is 1.36 bits per heavy atom. The minimum Gasteiger partial charge on any atom is -0.481 e. The molecule has 11 heteroatoms. The first-order valence-corrected chi connectivity index (χ1v) is 20.4. The number of aromatic carboxylic acids is 1. The van der Waals surface area contributed by atoms with E-state index in [-0.39, 0.29) is 5.56 Å². The number of imidazole rings is 2. The summed E-state index contributed by atoms with van der Waals surface area (Å²) in [5.41, 5.74) is 17.3. The molecule has 0 fully saturated rings. The number of hydrogen-bond acceptors (Lipinski definition) is 7. The summed E-state index contributed by atoms with van der Waals surface area (Å²) >= 11 is 0. The molecule has 0 radical (unpaired) electrons. The number of H-pyrrole nitrogens is 2. The van der Waals surface area contributed by atoms with Crippen molar-refractivity contribution in [3.05, 3.63) is 165 Å². The number of nitrogens with one attached hydrogen (secondary N) is 3. The summed E-state index contributed by atoms with van der Waals surface area (Å²) in [6.07, 6.45) is 6.73. The highest BCUT2D eigenvalue weighted by Gasteiger charge is 2.22. The zero-order valence-electron chi connectivity index (χ0n) is 35.5. The molecular weight excluding hydrogens is 765 g/mol. The summed E-state index contributed by atoms with van der Waals surface area (Å²) in [7, 11) is 0. The van der Waals surface area contributed by atoms with Gasteiger partial charge in [-0.25, -0.2) is 19.8 Å². The summed E-state index contributed by atoms with van der Waals surface area (Å²) in [5, 5.41) is 23.0. The standard InChI is InChI=1S/C48H46N6O3.C2H4O2/c1-7-33-19-31(21-41-29(5)49-25-51-41)17-27(3)46(33)53-35-13-15-39-43(23-35)57-44-24-36(14-16-40(44)45(39)37-11-9-10-12-38(37)48(55)56)54-47-28(4)18-32(20-34(47)8-2)22-42-30(6)50-26-52-42;1-2(3)4/h9-20,23-26,53H,7-8,21-22H2,1-6H3,(H,49,51)(H,50,52)(H,55,56);1H3,(H,3,4). The largest absolute Gasteiger partial charge is 0.481 e. The quantitative estimate of drug-likeness (QED) is 0.0804. The number of nitrogens with zero attached hydrogens (tertiary/aromatic N) is 3. The fraction of sp³-hybridized carbons (Fsp3) is 0.220. The number of fused-ring (bicyclic) bond motifs is 2. The molecule has 0 atom stereocenters. The molecule has 0 bridgehead atoms. The van der Waals surface area contributed by atoms with E-state index in [1.165, 1.54) is 16.7 Å². The van der Waals surface area contributed by atoms with E-state index < -0.39 is 11.9 Å². The molecule has 0 unspecified atom stereocenters. The maximum absolute atomic E-state index is 12.6. The van der Waals surface area contributed by atoms with Crippen LogP contribution in [0, 0.1) is 27.7 Å². The topological polar surface area (TPSA) is 169 Å². The number of carboxylic acids is 2. The Morgan fingerprint density at radius 3 is 1.97 bits per heavy atom. The molecule has 310 valence electrons. The van der Waals surface area contributed by atoms with E-state index in [0.29, 0.717) is 16.9 Å². The summed E-state index contributed by atoms with van der Waals surface area (Å²) in [6.45, 7) is 13.7. The molecule has 6 aromatic rings. The Morgan fingerprint density at radius 1 is 0.738 bits per heavy atom. The number of carbonyl (C=O) groups is 2. The molecule has 8 rings (SSSR count). The zero-order valence-corrected chi connectivity index (χ0v) is 35.5. The van der Waals surface area contributed by atoms with E-state index in [1.54, 1.807) is 24.8 Å². The normalized spacial score (nSPS) is 11.5. The lowest BCUT2D eigenvalue weighted by atomic mass is 9.90. The number of aromatic nitrogens is 4. The Kier molecular flexibility index (Phi) is 12.3. The Bertz CT molecular complexity index is 2950. The first-order valence-electron chi connectivity index (χ1n) is 20.4. The number of benzene rings is 5. The van der Waals surface area contributed by atoms with Gasteiger partial charge in [0.1, 0.15) is 11.3 Å². The average molecular weight is 815 g/mol. The van der Waals surface area contributed by atoms with Crippen molar-refractivity contribution in [1.29, 1.82) is 0 Å². The van der Waals surface area contributed by atoms with E-state index in [4.69, 9.17) is 19.3 Å². The van der Waals surface area contributed by atoms with E-state index in [9.17, 15) is 9.90 Å². The van der Waals surface area contributed by atoms with Gasteiger partial charge < -0.3 is 29.9 Å². The van der Waals surface area contributed by atoms with Crippen LogP contribution in [0.3, 0.4) is 0 Å². The van der Waals surface area contributed by atoms with Crippen LogP contribution in [0.25, 0.3) is 33.4 Å². The van der Waals surface area contributed by atoms with Crippen LogP contribution < -0.4 is 10.7 Å². The molecule has 4 aromatic carbocycles. The number of rotatable bonds is 11. The predicted molar refractivity (Wildman–Crippen MR) is 240 cm³/mol. The lowest BCUT2D eigenvalue weighted by Crippen LogP contribution is -2.05. The molecule has 11 nitrogen and oxygen atoms in total.